The fraction of sp³-hybridized carbons (Fsp3) is 0.333. The van der Waals surface area contributed by atoms with Crippen molar-refractivity contribution in [1.29, 1.82) is 0 Å². The molecule has 1 N–H and O–H groups in total. The van der Waals surface area contributed by atoms with Crippen LogP contribution in [-0.4, -0.2) is 12.6 Å². The van der Waals surface area contributed by atoms with Gasteiger partial charge < -0.3 is 10.1 Å². The third kappa shape index (κ3) is 3.07. The van der Waals surface area contributed by atoms with Crippen LogP contribution in [0.15, 0.2) is 42.5 Å². The van der Waals surface area contributed by atoms with E-state index in [1.165, 1.54) is 16.7 Å². The van der Waals surface area contributed by atoms with Gasteiger partial charge in [0.15, 0.2) is 0 Å². The fourth-order valence-electron chi connectivity index (χ4n) is 2.94. The van der Waals surface area contributed by atoms with Crippen LogP contribution in [0.4, 0.5) is 0 Å². The third-order valence-corrected chi connectivity index (χ3v) is 4.08. The summed E-state index contributed by atoms with van der Waals surface area (Å²) in [5, 5.41) is 4.32. The van der Waals surface area contributed by atoms with Gasteiger partial charge in [-0.05, 0) is 48.4 Å². The van der Waals surface area contributed by atoms with Gasteiger partial charge in [-0.2, -0.15) is 0 Å². The van der Waals surface area contributed by atoms with Gasteiger partial charge in [0.05, 0.1) is 6.04 Å². The number of rotatable bonds is 4. The van der Waals surface area contributed by atoms with Crippen molar-refractivity contribution in [2.45, 2.75) is 32.4 Å². The molecule has 0 saturated carbocycles. The summed E-state index contributed by atoms with van der Waals surface area (Å²) >= 11 is 6.14. The molecule has 0 fully saturated rings. The van der Waals surface area contributed by atoms with Gasteiger partial charge in [0.2, 0.25) is 0 Å². The first-order valence-corrected chi connectivity index (χ1v) is 7.83. The van der Waals surface area contributed by atoms with Crippen molar-refractivity contribution in [1.82, 2.24) is 5.32 Å². The first-order valence-electron chi connectivity index (χ1n) is 7.45. The average Bonchev–Trinajstić information content (AvgIpc) is 2.83. The Hall–Kier alpha value is -1.51. The van der Waals surface area contributed by atoms with E-state index in [9.17, 15) is 0 Å². The molecule has 2 unspecified atom stereocenters. The molecule has 2 aromatic carbocycles. The van der Waals surface area contributed by atoms with Crippen LogP contribution < -0.4 is 10.1 Å². The summed E-state index contributed by atoms with van der Waals surface area (Å²) in [4.78, 5) is 0. The topological polar surface area (TPSA) is 21.3 Å². The Kier molecular flexibility index (Phi) is 4.18. The maximum atomic E-state index is 6.14. The third-order valence-electron chi connectivity index (χ3n) is 3.84. The quantitative estimate of drug-likeness (QED) is 0.906. The largest absolute Gasteiger partial charge is 0.490 e. The maximum Gasteiger partial charge on any atom is 0.123 e. The van der Waals surface area contributed by atoms with Crippen molar-refractivity contribution in [2.75, 3.05) is 6.54 Å². The molecule has 0 amide bonds. The smallest absolute Gasteiger partial charge is 0.123 e. The summed E-state index contributed by atoms with van der Waals surface area (Å²) in [6.45, 7) is 5.13. The van der Waals surface area contributed by atoms with Gasteiger partial charge in [0.25, 0.3) is 0 Å². The van der Waals surface area contributed by atoms with E-state index in [-0.39, 0.29) is 12.1 Å². The summed E-state index contributed by atoms with van der Waals surface area (Å²) in [5.41, 5.74) is 3.75. The first-order chi connectivity index (χ1) is 10.2. The van der Waals surface area contributed by atoms with E-state index < -0.39 is 0 Å². The molecule has 0 aliphatic carbocycles. The highest BCUT2D eigenvalue weighted by atomic mass is 35.5. The van der Waals surface area contributed by atoms with Gasteiger partial charge in [0, 0.05) is 11.4 Å². The SMILES string of the molecule is CCNC(c1cccc(Cl)c1)c1ccc2c(c1)CC(C)O2. The second-order valence-corrected chi connectivity index (χ2v) is 5.98. The number of nitrogens with one attached hydrogen (secondary N) is 1. The van der Waals surface area contributed by atoms with Crippen LogP contribution in [0, 0.1) is 0 Å². The van der Waals surface area contributed by atoms with Crippen LogP contribution in [0.2, 0.25) is 5.02 Å². The molecular weight excluding hydrogens is 282 g/mol. The van der Waals surface area contributed by atoms with E-state index in [0.29, 0.717) is 0 Å². The predicted molar refractivity (Wildman–Crippen MR) is 87.2 cm³/mol. The lowest BCUT2D eigenvalue weighted by atomic mass is 9.96. The molecule has 2 nitrogen and oxygen atoms in total. The Labute approximate surface area is 131 Å². The Bertz CT molecular complexity index is 641. The lowest BCUT2D eigenvalue weighted by Crippen LogP contribution is -2.22. The standard InChI is InChI=1S/C18H20ClNO/c1-3-20-18(13-5-4-6-16(19)11-13)14-7-8-17-15(10-14)9-12(2)21-17/h4-8,10-12,18,20H,3,9H2,1-2H3. The van der Waals surface area contributed by atoms with Gasteiger partial charge in [-0.15, -0.1) is 0 Å². The van der Waals surface area contributed by atoms with Crippen LogP contribution in [0.3, 0.4) is 0 Å². The van der Waals surface area contributed by atoms with E-state index in [1.807, 2.05) is 18.2 Å². The zero-order valence-corrected chi connectivity index (χ0v) is 13.2. The number of benzene rings is 2. The van der Waals surface area contributed by atoms with E-state index >= 15 is 0 Å². The molecular formula is C18H20ClNO. The Balaban J connectivity index is 1.96. The number of ether oxygens (including phenoxy) is 1. The second-order valence-electron chi connectivity index (χ2n) is 5.55. The highest BCUT2D eigenvalue weighted by Gasteiger charge is 2.21. The van der Waals surface area contributed by atoms with Gasteiger partial charge in [-0.1, -0.05) is 42.8 Å². The van der Waals surface area contributed by atoms with Gasteiger partial charge in [-0.3, -0.25) is 0 Å². The van der Waals surface area contributed by atoms with Gasteiger partial charge in [-0.25, -0.2) is 0 Å². The van der Waals surface area contributed by atoms with Crippen LogP contribution in [0.25, 0.3) is 0 Å². The normalized spacial score (nSPS) is 18.1. The van der Waals surface area contributed by atoms with Crippen LogP contribution in [0.1, 0.15) is 36.6 Å². The molecule has 21 heavy (non-hydrogen) atoms. The van der Waals surface area contributed by atoms with Gasteiger partial charge in [0.1, 0.15) is 11.9 Å². The summed E-state index contributed by atoms with van der Waals surface area (Å²) in [7, 11) is 0. The lowest BCUT2D eigenvalue weighted by Gasteiger charge is -2.20. The summed E-state index contributed by atoms with van der Waals surface area (Å²) < 4.78 is 5.78. The van der Waals surface area contributed by atoms with Crippen molar-refractivity contribution >= 4 is 11.6 Å². The zero-order valence-electron chi connectivity index (χ0n) is 12.4. The zero-order chi connectivity index (χ0) is 14.8. The molecule has 0 radical (unpaired) electrons. The summed E-state index contributed by atoms with van der Waals surface area (Å²) in [6.07, 6.45) is 1.26. The number of halogens is 1. The second kappa shape index (κ2) is 6.08. The van der Waals surface area contributed by atoms with Crippen molar-refractivity contribution in [3.63, 3.8) is 0 Å². The van der Waals surface area contributed by atoms with E-state index in [0.717, 1.165) is 23.7 Å². The molecule has 2 aromatic rings. The molecule has 0 spiro atoms. The van der Waals surface area contributed by atoms with Crippen LogP contribution >= 0.6 is 11.6 Å². The van der Waals surface area contributed by atoms with Gasteiger partial charge >= 0.3 is 0 Å². The minimum absolute atomic E-state index is 0.162. The molecule has 3 heteroatoms. The monoisotopic (exact) mass is 301 g/mol. The number of hydrogen-bond acceptors (Lipinski definition) is 2. The molecule has 1 aliphatic heterocycles. The molecule has 0 saturated heterocycles. The predicted octanol–water partition coefficient (Wildman–Crippen LogP) is 4.36. The first kappa shape index (κ1) is 14.4. The fourth-order valence-corrected chi connectivity index (χ4v) is 3.14. The Morgan fingerprint density at radius 1 is 1.24 bits per heavy atom. The maximum absolute atomic E-state index is 6.14. The van der Waals surface area contributed by atoms with Crippen molar-refractivity contribution in [2.24, 2.45) is 0 Å². The van der Waals surface area contributed by atoms with E-state index in [1.54, 1.807) is 0 Å². The molecule has 1 heterocycles. The highest BCUT2D eigenvalue weighted by molar-refractivity contribution is 6.30. The number of fused-ring (bicyclic) bond motifs is 1. The molecule has 110 valence electrons. The lowest BCUT2D eigenvalue weighted by molar-refractivity contribution is 0.254. The summed E-state index contributed by atoms with van der Waals surface area (Å²) in [6, 6.07) is 14.7. The Morgan fingerprint density at radius 2 is 2.05 bits per heavy atom. The minimum Gasteiger partial charge on any atom is -0.490 e. The van der Waals surface area contributed by atoms with Crippen molar-refractivity contribution < 1.29 is 4.74 Å². The number of hydrogen-bond donors (Lipinski definition) is 1. The van der Waals surface area contributed by atoms with Crippen LogP contribution in [0.5, 0.6) is 5.75 Å². The molecule has 0 bridgehead atoms. The molecule has 2 atom stereocenters. The van der Waals surface area contributed by atoms with Crippen molar-refractivity contribution in [3.8, 4) is 5.75 Å². The summed E-state index contributed by atoms with van der Waals surface area (Å²) in [5.74, 6) is 1.02. The van der Waals surface area contributed by atoms with Crippen LogP contribution in [-0.2, 0) is 6.42 Å². The molecule has 1 aliphatic rings. The Morgan fingerprint density at radius 3 is 2.81 bits per heavy atom. The highest BCUT2D eigenvalue weighted by Crippen LogP contribution is 2.33. The van der Waals surface area contributed by atoms with Crippen molar-refractivity contribution in [3.05, 3.63) is 64.2 Å². The average molecular weight is 302 g/mol. The van der Waals surface area contributed by atoms with E-state index in [2.05, 4.69) is 43.4 Å². The minimum atomic E-state index is 0.162. The van der Waals surface area contributed by atoms with E-state index in [4.69, 9.17) is 16.3 Å². The molecule has 3 rings (SSSR count). The molecule has 0 aromatic heterocycles.